The molecule has 0 aromatic heterocycles. The molecule has 0 bridgehead atoms. The SMILES string of the molecule is O=C1c2ccccc2-c2cccc3ccc([O-])c1c23.O=C1c2ccccc2-c2cccc3ccc([O-])c1c23.O=C1c2ccccc2-c2cccc3ccc([O-])c1c23.[Al+3]. The summed E-state index contributed by atoms with van der Waals surface area (Å²) in [4.78, 5) is 37.5. The molecule has 6 nitrogen and oxygen atoms in total. The first-order valence-electron chi connectivity index (χ1n) is 18.4. The van der Waals surface area contributed by atoms with Gasteiger partial charge in [-0.2, -0.15) is 0 Å². The Bertz CT molecular complexity index is 2890. The second-order valence-electron chi connectivity index (χ2n) is 14.2. The first kappa shape index (κ1) is 36.3. The Morgan fingerprint density at radius 2 is 0.500 bits per heavy atom. The van der Waals surface area contributed by atoms with E-state index >= 15 is 0 Å². The number of ketones is 3. The molecule has 0 aliphatic heterocycles. The fourth-order valence-electron chi connectivity index (χ4n) is 8.58. The third kappa shape index (κ3) is 5.44. The van der Waals surface area contributed by atoms with Crippen molar-refractivity contribution in [2.24, 2.45) is 0 Å². The van der Waals surface area contributed by atoms with Crippen molar-refractivity contribution in [3.05, 3.63) is 197 Å². The van der Waals surface area contributed by atoms with Gasteiger partial charge in [0.25, 0.3) is 0 Å². The molecule has 0 saturated heterocycles. The number of fused-ring (bicyclic) bond motifs is 6. The molecule has 0 fully saturated rings. The van der Waals surface area contributed by atoms with Gasteiger partial charge in [-0.15, -0.1) is 0 Å². The minimum absolute atomic E-state index is 0. The molecular weight excluding hydrogens is 736 g/mol. The van der Waals surface area contributed by atoms with E-state index in [0.717, 1.165) is 65.7 Å². The molecule has 7 heteroatoms. The molecule has 9 aromatic carbocycles. The topological polar surface area (TPSA) is 120 Å². The summed E-state index contributed by atoms with van der Waals surface area (Å²) in [6, 6.07) is 49.7. The van der Waals surface area contributed by atoms with Crippen LogP contribution in [0.5, 0.6) is 17.2 Å². The second-order valence-corrected chi connectivity index (χ2v) is 14.2. The van der Waals surface area contributed by atoms with E-state index in [-0.39, 0.29) is 52.0 Å². The maximum Gasteiger partial charge on any atom is 3.00 e. The van der Waals surface area contributed by atoms with Crippen LogP contribution in [-0.4, -0.2) is 34.7 Å². The molecule has 270 valence electrons. The average Bonchev–Trinajstić information content (AvgIpc) is 3.25. The fourth-order valence-corrected chi connectivity index (χ4v) is 8.58. The van der Waals surface area contributed by atoms with E-state index in [0.29, 0.717) is 33.4 Å². The Kier molecular flexibility index (Phi) is 8.79. The van der Waals surface area contributed by atoms with Crippen molar-refractivity contribution in [3.63, 3.8) is 0 Å². The first-order valence-corrected chi connectivity index (χ1v) is 18.4. The predicted octanol–water partition coefficient (Wildman–Crippen LogP) is 8.99. The Hall–Kier alpha value is -7.30. The zero-order valence-corrected chi connectivity index (χ0v) is 31.8. The minimum Gasteiger partial charge on any atom is -0.872 e. The molecular formula is C51H27AlO6. The molecule has 12 rings (SSSR count). The van der Waals surface area contributed by atoms with Crippen LogP contribution in [0.1, 0.15) is 47.8 Å². The molecule has 3 aliphatic rings. The molecule has 0 radical (unpaired) electrons. The minimum atomic E-state index is -0.195. The monoisotopic (exact) mass is 762 g/mol. The average molecular weight is 763 g/mol. The molecule has 0 amide bonds. The Morgan fingerprint density at radius 1 is 0.259 bits per heavy atom. The maximum absolute atomic E-state index is 12.5. The summed E-state index contributed by atoms with van der Waals surface area (Å²) in [6.45, 7) is 0. The quantitative estimate of drug-likeness (QED) is 0.142. The van der Waals surface area contributed by atoms with Crippen LogP contribution in [0.2, 0.25) is 0 Å². The van der Waals surface area contributed by atoms with Gasteiger partial charge in [-0.25, -0.2) is 0 Å². The van der Waals surface area contributed by atoms with Crippen LogP contribution < -0.4 is 15.3 Å². The van der Waals surface area contributed by atoms with Gasteiger partial charge >= 0.3 is 17.4 Å². The van der Waals surface area contributed by atoms with Gasteiger partial charge in [-0.05, 0) is 49.5 Å². The molecule has 58 heavy (non-hydrogen) atoms. The summed E-state index contributed by atoms with van der Waals surface area (Å²) in [5, 5.41) is 41.3. The summed E-state index contributed by atoms with van der Waals surface area (Å²) in [6.07, 6.45) is 0. The van der Waals surface area contributed by atoms with E-state index < -0.39 is 0 Å². The van der Waals surface area contributed by atoms with Crippen molar-refractivity contribution in [2.45, 2.75) is 0 Å². The smallest absolute Gasteiger partial charge is 0.872 e. The van der Waals surface area contributed by atoms with Gasteiger partial charge in [0.15, 0.2) is 17.3 Å². The van der Waals surface area contributed by atoms with E-state index in [1.165, 1.54) is 18.2 Å². The summed E-state index contributed by atoms with van der Waals surface area (Å²) in [5.74, 6) is -1.07. The second kappa shape index (κ2) is 14.0. The molecule has 0 N–H and O–H groups in total. The summed E-state index contributed by atoms with van der Waals surface area (Å²) >= 11 is 0. The van der Waals surface area contributed by atoms with Crippen molar-refractivity contribution in [2.75, 3.05) is 0 Å². The molecule has 0 saturated carbocycles. The third-order valence-electron chi connectivity index (χ3n) is 11.1. The van der Waals surface area contributed by atoms with E-state index in [1.807, 2.05) is 109 Å². The van der Waals surface area contributed by atoms with Gasteiger partial charge in [0.2, 0.25) is 0 Å². The molecule has 0 atom stereocenters. The van der Waals surface area contributed by atoms with Crippen LogP contribution >= 0.6 is 0 Å². The van der Waals surface area contributed by atoms with Crippen LogP contribution in [0, 0.1) is 0 Å². The van der Waals surface area contributed by atoms with Crippen molar-refractivity contribution in [1.82, 2.24) is 0 Å². The van der Waals surface area contributed by atoms with Crippen molar-refractivity contribution >= 4 is 67.0 Å². The van der Waals surface area contributed by atoms with Crippen molar-refractivity contribution in [3.8, 4) is 50.6 Å². The summed E-state index contributed by atoms with van der Waals surface area (Å²) in [5.41, 5.74) is 8.44. The molecule has 0 spiro atoms. The number of benzene rings is 9. The van der Waals surface area contributed by atoms with Crippen LogP contribution in [0.25, 0.3) is 65.7 Å². The summed E-state index contributed by atoms with van der Waals surface area (Å²) < 4.78 is 0. The van der Waals surface area contributed by atoms with Gasteiger partial charge < -0.3 is 15.3 Å². The van der Waals surface area contributed by atoms with Crippen molar-refractivity contribution < 1.29 is 29.7 Å². The van der Waals surface area contributed by atoms with E-state index in [1.54, 1.807) is 36.4 Å². The Balaban J connectivity index is 0.000000112. The predicted molar refractivity (Wildman–Crippen MR) is 223 cm³/mol. The summed E-state index contributed by atoms with van der Waals surface area (Å²) in [7, 11) is 0. The zero-order chi connectivity index (χ0) is 38.9. The normalized spacial score (nSPS) is 12.3. The van der Waals surface area contributed by atoms with Crippen molar-refractivity contribution in [1.29, 1.82) is 0 Å². The molecule has 0 heterocycles. The largest absolute Gasteiger partial charge is 3.00 e. The van der Waals surface area contributed by atoms with E-state index in [2.05, 4.69) is 0 Å². The van der Waals surface area contributed by atoms with Crippen LogP contribution in [0.15, 0.2) is 164 Å². The van der Waals surface area contributed by atoms with Crippen LogP contribution in [0.3, 0.4) is 0 Å². The van der Waals surface area contributed by atoms with Gasteiger partial charge in [0.05, 0.1) is 0 Å². The van der Waals surface area contributed by atoms with E-state index in [4.69, 9.17) is 0 Å². The first-order chi connectivity index (χ1) is 27.8. The Morgan fingerprint density at radius 3 is 0.776 bits per heavy atom. The standard InChI is InChI=1S/3C17H10O2.Al/c3*18-14-9-8-10-4-3-7-12-11-5-1-2-6-13(11)17(19)16(14)15(10)12;/h3*1-9,18H;/q;;;+3/p-3. The van der Waals surface area contributed by atoms with Crippen LogP contribution in [-0.2, 0) is 0 Å². The number of rotatable bonds is 0. The van der Waals surface area contributed by atoms with Gasteiger partial charge in [0, 0.05) is 49.5 Å². The van der Waals surface area contributed by atoms with Crippen LogP contribution in [0.4, 0.5) is 0 Å². The number of carbonyl (C=O) groups is 3. The number of carbonyl (C=O) groups excluding carboxylic acids is 3. The Labute approximate surface area is 343 Å². The molecule has 3 aliphatic carbocycles. The van der Waals surface area contributed by atoms with Gasteiger partial charge in [0.1, 0.15) is 0 Å². The zero-order valence-electron chi connectivity index (χ0n) is 30.6. The van der Waals surface area contributed by atoms with Gasteiger partial charge in [-0.3, -0.25) is 14.4 Å². The van der Waals surface area contributed by atoms with E-state index in [9.17, 15) is 29.7 Å². The number of hydrogen-bond donors (Lipinski definition) is 0. The molecule has 0 unspecified atom stereocenters. The number of hydrogen-bond acceptors (Lipinski definition) is 6. The third-order valence-corrected chi connectivity index (χ3v) is 11.1. The molecule has 9 aromatic rings. The maximum atomic E-state index is 12.5. The van der Waals surface area contributed by atoms with Gasteiger partial charge in [-0.1, -0.05) is 181 Å². The fraction of sp³-hybridized carbons (Fsp3) is 0.